The second kappa shape index (κ2) is 8.16. The van der Waals surface area contributed by atoms with Gasteiger partial charge in [0, 0.05) is 32.9 Å². The lowest BCUT2D eigenvalue weighted by atomic mass is 9.71. The topological polar surface area (TPSA) is 138 Å². The lowest BCUT2D eigenvalue weighted by molar-refractivity contribution is -0.147. The van der Waals surface area contributed by atoms with Crippen molar-refractivity contribution in [3.05, 3.63) is 23.7 Å². The zero-order valence-corrected chi connectivity index (χ0v) is 16.5. The molecule has 0 aromatic carbocycles. The van der Waals surface area contributed by atoms with Crippen molar-refractivity contribution >= 4 is 29.5 Å². The van der Waals surface area contributed by atoms with Gasteiger partial charge < -0.3 is 25.0 Å². The number of nitrogens with zero attached hydrogens (tertiary/aromatic N) is 4. The first-order valence-electron chi connectivity index (χ1n) is 9.47. The minimum absolute atomic E-state index is 0.151. The van der Waals surface area contributed by atoms with E-state index in [0.29, 0.717) is 42.7 Å². The number of hydrogen-bond donors (Lipinski definition) is 3. The molecule has 2 aliphatic heterocycles. The molecule has 2 fully saturated rings. The fourth-order valence-corrected chi connectivity index (χ4v) is 4.15. The summed E-state index contributed by atoms with van der Waals surface area (Å²) in [6.45, 7) is 2.90. The molecule has 0 bridgehead atoms. The Hall–Kier alpha value is -3.01. The minimum Gasteiger partial charge on any atom is -0.483 e. The van der Waals surface area contributed by atoms with E-state index < -0.39 is 11.5 Å². The molecule has 0 saturated carbocycles. The molecule has 2 saturated heterocycles. The zero-order valence-electron chi connectivity index (χ0n) is 16.5. The number of aliphatic hydroxyl groups is 1. The maximum atomic E-state index is 13.2. The number of piperidine rings is 2. The minimum atomic E-state index is -0.904. The van der Waals surface area contributed by atoms with Crippen LogP contribution >= 0.6 is 0 Å². The van der Waals surface area contributed by atoms with E-state index in [1.54, 1.807) is 17.2 Å². The maximum absolute atomic E-state index is 13.2. The molecular formula is C19H25N5O5. The predicted octanol–water partition coefficient (Wildman–Crippen LogP) is 0.0807. The van der Waals surface area contributed by atoms with Gasteiger partial charge in [-0.05, 0) is 32.3 Å². The summed E-state index contributed by atoms with van der Waals surface area (Å²) >= 11 is 0. The lowest BCUT2D eigenvalue weighted by Crippen LogP contribution is -2.62. The summed E-state index contributed by atoms with van der Waals surface area (Å²) in [5.41, 5.74) is 0.820. The average molecular weight is 403 g/mol. The number of carbonyl (C=O) groups is 3. The third kappa shape index (κ3) is 3.55. The molecule has 2 amide bonds. The number of likely N-dealkylation sites (tertiary alicyclic amines) is 1. The zero-order chi connectivity index (χ0) is 21.2. The first kappa shape index (κ1) is 20.7. The van der Waals surface area contributed by atoms with Crippen LogP contribution in [0, 0.1) is 12.3 Å². The Morgan fingerprint density at radius 3 is 2.86 bits per heavy atom. The van der Waals surface area contributed by atoms with E-state index in [1.165, 1.54) is 0 Å². The van der Waals surface area contributed by atoms with Crippen LogP contribution < -0.4 is 5.32 Å². The van der Waals surface area contributed by atoms with Gasteiger partial charge in [-0.25, -0.2) is 9.97 Å². The fourth-order valence-electron chi connectivity index (χ4n) is 4.15. The Bertz CT molecular complexity index is 942. The molecule has 10 heteroatoms. The van der Waals surface area contributed by atoms with Gasteiger partial charge in [0.1, 0.15) is 11.3 Å². The second-order valence-corrected chi connectivity index (χ2v) is 7.40. The highest BCUT2D eigenvalue weighted by Gasteiger charge is 2.50. The molecule has 0 unspecified atom stereocenters. The van der Waals surface area contributed by atoms with Gasteiger partial charge in [-0.1, -0.05) is 0 Å². The molecule has 2 aliphatic rings. The van der Waals surface area contributed by atoms with Crippen molar-refractivity contribution in [2.75, 3.05) is 19.6 Å². The first-order chi connectivity index (χ1) is 13.9. The summed E-state index contributed by atoms with van der Waals surface area (Å²) in [5, 5.41) is 20.3. The number of fused-ring (bicyclic) bond motifs is 1. The van der Waals surface area contributed by atoms with Crippen LogP contribution in [-0.4, -0.2) is 73.7 Å². The van der Waals surface area contributed by atoms with Crippen LogP contribution in [0.2, 0.25) is 0 Å². The van der Waals surface area contributed by atoms with Crippen LogP contribution in [0.4, 0.5) is 0 Å². The smallest absolute Gasteiger partial charge is 0.290 e. The summed E-state index contributed by atoms with van der Waals surface area (Å²) < 4.78 is 1.85. The van der Waals surface area contributed by atoms with E-state index in [9.17, 15) is 14.7 Å². The molecule has 0 radical (unpaired) electrons. The predicted molar refractivity (Wildman–Crippen MR) is 103 cm³/mol. The molecule has 1 spiro atoms. The Morgan fingerprint density at radius 2 is 2.17 bits per heavy atom. The van der Waals surface area contributed by atoms with Crippen molar-refractivity contribution in [2.45, 2.75) is 32.3 Å². The molecule has 2 aromatic heterocycles. The van der Waals surface area contributed by atoms with Crippen LogP contribution in [0.5, 0.6) is 0 Å². The Balaban J connectivity index is 0.000000755. The Kier molecular flexibility index (Phi) is 5.83. The van der Waals surface area contributed by atoms with Gasteiger partial charge in [-0.2, -0.15) is 0 Å². The Morgan fingerprint density at radius 1 is 1.45 bits per heavy atom. The van der Waals surface area contributed by atoms with Gasteiger partial charge in [-0.3, -0.25) is 14.4 Å². The second-order valence-electron chi connectivity index (χ2n) is 7.40. The molecule has 4 heterocycles. The largest absolute Gasteiger partial charge is 0.483 e. The van der Waals surface area contributed by atoms with E-state index in [2.05, 4.69) is 15.3 Å². The number of aryl methyl sites for hydroxylation is 2. The summed E-state index contributed by atoms with van der Waals surface area (Å²) in [7, 11) is 1.87. The number of carbonyl (C=O) groups excluding carboxylic acids is 2. The molecule has 2 aromatic rings. The van der Waals surface area contributed by atoms with Crippen molar-refractivity contribution in [2.24, 2.45) is 12.5 Å². The molecule has 4 rings (SSSR count). The number of amides is 2. The highest BCUT2D eigenvalue weighted by atomic mass is 16.3. The van der Waals surface area contributed by atoms with Crippen LogP contribution in [0.25, 0.3) is 11.2 Å². The monoisotopic (exact) mass is 403 g/mol. The van der Waals surface area contributed by atoms with E-state index >= 15 is 0 Å². The third-order valence-electron chi connectivity index (χ3n) is 5.82. The van der Waals surface area contributed by atoms with E-state index in [1.807, 2.05) is 18.5 Å². The van der Waals surface area contributed by atoms with Gasteiger partial charge in [0.2, 0.25) is 5.91 Å². The van der Waals surface area contributed by atoms with Gasteiger partial charge in [0.25, 0.3) is 12.4 Å². The number of carboxylic acid groups (broad SMARTS) is 1. The van der Waals surface area contributed by atoms with E-state index in [0.717, 1.165) is 12.2 Å². The molecule has 10 nitrogen and oxygen atoms in total. The molecule has 0 aliphatic carbocycles. The van der Waals surface area contributed by atoms with Gasteiger partial charge in [-0.15, -0.1) is 0 Å². The number of aromatic nitrogens is 3. The molecular weight excluding hydrogens is 378 g/mol. The van der Waals surface area contributed by atoms with Crippen LogP contribution in [0.15, 0.2) is 12.3 Å². The molecule has 29 heavy (non-hydrogen) atoms. The highest BCUT2D eigenvalue weighted by Crippen LogP contribution is 2.38. The quantitative estimate of drug-likeness (QED) is 0.573. The van der Waals surface area contributed by atoms with Crippen molar-refractivity contribution in [1.82, 2.24) is 24.8 Å². The van der Waals surface area contributed by atoms with E-state index in [4.69, 9.17) is 9.90 Å². The van der Waals surface area contributed by atoms with Crippen molar-refractivity contribution in [3.63, 3.8) is 0 Å². The van der Waals surface area contributed by atoms with Crippen molar-refractivity contribution in [3.8, 4) is 0 Å². The summed E-state index contributed by atoms with van der Waals surface area (Å²) in [4.78, 5) is 44.6. The molecule has 3 N–H and O–H groups in total. The maximum Gasteiger partial charge on any atom is 0.290 e. The lowest BCUT2D eigenvalue weighted by Gasteiger charge is -2.46. The van der Waals surface area contributed by atoms with Crippen LogP contribution in [0.3, 0.4) is 0 Å². The van der Waals surface area contributed by atoms with Crippen molar-refractivity contribution < 1.29 is 24.6 Å². The normalized spacial score (nSPS) is 24.0. The Labute approximate surface area is 167 Å². The summed E-state index contributed by atoms with van der Waals surface area (Å²) in [5.74, 6) is 0.465. The standard InChI is InChI=1S/C18H23N5O3.CH2O2/c1-11-21-14-12(4-8-19-15(14)22(11)2)16(25)23-9-5-13(24)18(10-23)6-3-7-20-17(18)26;2-1-3/h4,8,13,24H,3,5-7,9-10H2,1-2H3,(H,20,26);1H,(H,2,3)/t13-,18-;/m1./s1. The first-order valence-corrected chi connectivity index (χ1v) is 9.47. The number of imidazole rings is 1. The average Bonchev–Trinajstić information content (AvgIpc) is 3.00. The summed E-state index contributed by atoms with van der Waals surface area (Å²) in [6, 6.07) is 1.68. The number of rotatable bonds is 1. The van der Waals surface area contributed by atoms with Crippen LogP contribution in [0.1, 0.15) is 35.4 Å². The van der Waals surface area contributed by atoms with Gasteiger partial charge in [0.05, 0.1) is 17.1 Å². The van der Waals surface area contributed by atoms with Crippen LogP contribution in [-0.2, 0) is 16.6 Å². The third-order valence-corrected chi connectivity index (χ3v) is 5.82. The molecule has 156 valence electrons. The fraction of sp³-hybridized carbons (Fsp3) is 0.526. The number of pyridine rings is 1. The highest BCUT2D eigenvalue weighted by molar-refractivity contribution is 6.04. The number of hydrogen-bond acceptors (Lipinski definition) is 6. The number of aliphatic hydroxyl groups excluding tert-OH is 1. The van der Waals surface area contributed by atoms with Crippen molar-refractivity contribution in [1.29, 1.82) is 0 Å². The molecule has 2 atom stereocenters. The summed E-state index contributed by atoms with van der Waals surface area (Å²) in [6.07, 6.45) is 2.69. The SMILES string of the molecule is Cc1nc2c(C(=O)N3CC[C@@H](O)[C@@]4(CCCNC4=O)C3)ccnc2n1C.O=CO. The van der Waals surface area contributed by atoms with Gasteiger partial charge >= 0.3 is 0 Å². The van der Waals surface area contributed by atoms with Gasteiger partial charge in [0.15, 0.2) is 5.65 Å². The number of nitrogens with one attached hydrogen (secondary N) is 1. The van der Waals surface area contributed by atoms with E-state index in [-0.39, 0.29) is 24.8 Å².